The molecule has 1 fully saturated rings. The molecule has 1 amide bonds. The fourth-order valence-corrected chi connectivity index (χ4v) is 2.02. The minimum atomic E-state index is -0.601. The molecular weight excluding hydrogens is 216 g/mol. The van der Waals surface area contributed by atoms with E-state index >= 15 is 0 Å². The van der Waals surface area contributed by atoms with Gasteiger partial charge in [-0.05, 0) is 38.5 Å². The number of hydrogen-bond donors (Lipinski definition) is 2. The summed E-state index contributed by atoms with van der Waals surface area (Å²) in [7, 11) is 0. The molecule has 0 saturated carbocycles. The zero-order valence-corrected chi connectivity index (χ0v) is 11.3. The maximum Gasteiger partial charge on any atom is 0.237 e. The van der Waals surface area contributed by atoms with E-state index < -0.39 is 5.54 Å². The summed E-state index contributed by atoms with van der Waals surface area (Å²) in [6.07, 6.45) is 4.22. The monoisotopic (exact) mass is 242 g/mol. The zero-order valence-electron chi connectivity index (χ0n) is 11.3. The second-order valence-electron chi connectivity index (χ2n) is 5.64. The molecule has 1 aliphatic rings. The normalized spacial score (nSPS) is 23.9. The van der Waals surface area contributed by atoms with Gasteiger partial charge in [0, 0.05) is 13.2 Å². The van der Waals surface area contributed by atoms with Crippen LogP contribution in [0.2, 0.25) is 0 Å². The average molecular weight is 242 g/mol. The van der Waals surface area contributed by atoms with E-state index in [4.69, 9.17) is 10.5 Å². The Morgan fingerprint density at radius 2 is 2.29 bits per heavy atom. The van der Waals surface area contributed by atoms with Gasteiger partial charge in [0.15, 0.2) is 0 Å². The first kappa shape index (κ1) is 14.5. The molecule has 2 atom stereocenters. The van der Waals surface area contributed by atoms with E-state index in [1.54, 1.807) is 0 Å². The number of primary amides is 1. The zero-order chi connectivity index (χ0) is 12.9. The van der Waals surface area contributed by atoms with Gasteiger partial charge in [0.25, 0.3) is 0 Å². The van der Waals surface area contributed by atoms with Crippen LogP contribution in [0, 0.1) is 5.92 Å². The Balaban J connectivity index is 2.42. The van der Waals surface area contributed by atoms with Gasteiger partial charge in [0.1, 0.15) is 0 Å². The number of amides is 1. The summed E-state index contributed by atoms with van der Waals surface area (Å²) >= 11 is 0. The summed E-state index contributed by atoms with van der Waals surface area (Å²) in [5, 5.41) is 3.29. The van der Waals surface area contributed by atoms with Crippen molar-refractivity contribution in [3.63, 3.8) is 0 Å². The Morgan fingerprint density at radius 1 is 1.59 bits per heavy atom. The highest BCUT2D eigenvalue weighted by Gasteiger charge is 2.31. The number of nitrogens with one attached hydrogen (secondary N) is 1. The van der Waals surface area contributed by atoms with Crippen LogP contribution < -0.4 is 11.1 Å². The predicted molar refractivity (Wildman–Crippen MR) is 68.6 cm³/mol. The molecule has 0 aromatic heterocycles. The number of ether oxygens (including phenoxy) is 1. The van der Waals surface area contributed by atoms with E-state index in [1.807, 2.05) is 6.92 Å². The summed E-state index contributed by atoms with van der Waals surface area (Å²) in [5.41, 5.74) is 4.90. The summed E-state index contributed by atoms with van der Waals surface area (Å²) in [6.45, 7) is 7.76. The maximum atomic E-state index is 11.6. The lowest BCUT2D eigenvalue weighted by atomic mass is 9.91. The van der Waals surface area contributed by atoms with E-state index in [0.29, 0.717) is 5.92 Å². The second-order valence-corrected chi connectivity index (χ2v) is 5.64. The second kappa shape index (κ2) is 6.36. The first-order valence-corrected chi connectivity index (χ1v) is 6.60. The molecular formula is C13H26N2O2. The minimum absolute atomic E-state index is 0.243. The first-order valence-electron chi connectivity index (χ1n) is 6.60. The van der Waals surface area contributed by atoms with Crippen LogP contribution in [-0.4, -0.2) is 30.7 Å². The van der Waals surface area contributed by atoms with E-state index in [1.165, 1.54) is 0 Å². The van der Waals surface area contributed by atoms with E-state index in [-0.39, 0.29) is 12.0 Å². The van der Waals surface area contributed by atoms with Crippen molar-refractivity contribution in [1.82, 2.24) is 5.32 Å². The number of hydrogen-bond acceptors (Lipinski definition) is 3. The van der Waals surface area contributed by atoms with Crippen molar-refractivity contribution < 1.29 is 9.53 Å². The standard InChI is InChI=1S/C13H26N2O2/c1-10(2)6-7-13(3,12(14)16)15-9-11-5-4-8-17-11/h10-11,15H,4-9H2,1-3H3,(H2,14,16). The molecule has 1 saturated heterocycles. The van der Waals surface area contributed by atoms with Gasteiger partial charge in [-0.15, -0.1) is 0 Å². The van der Waals surface area contributed by atoms with Gasteiger partial charge < -0.3 is 15.8 Å². The predicted octanol–water partition coefficient (Wildman–Crippen LogP) is 1.44. The van der Waals surface area contributed by atoms with Crippen LogP contribution in [-0.2, 0) is 9.53 Å². The largest absolute Gasteiger partial charge is 0.377 e. The van der Waals surface area contributed by atoms with Crippen molar-refractivity contribution in [3.05, 3.63) is 0 Å². The smallest absolute Gasteiger partial charge is 0.237 e. The third kappa shape index (κ3) is 4.64. The molecule has 1 rings (SSSR count). The van der Waals surface area contributed by atoms with Crippen LogP contribution >= 0.6 is 0 Å². The Kier molecular flexibility index (Phi) is 5.40. The minimum Gasteiger partial charge on any atom is -0.377 e. The highest BCUT2D eigenvalue weighted by atomic mass is 16.5. The third-order valence-electron chi connectivity index (χ3n) is 3.51. The van der Waals surface area contributed by atoms with Crippen LogP contribution in [0.15, 0.2) is 0 Å². The first-order chi connectivity index (χ1) is 7.94. The van der Waals surface area contributed by atoms with Gasteiger partial charge in [0.2, 0.25) is 5.91 Å². The van der Waals surface area contributed by atoms with Gasteiger partial charge in [-0.1, -0.05) is 13.8 Å². The molecule has 3 N–H and O–H groups in total. The van der Waals surface area contributed by atoms with Crippen molar-refractivity contribution in [2.45, 2.75) is 58.1 Å². The molecule has 100 valence electrons. The summed E-state index contributed by atoms with van der Waals surface area (Å²) in [4.78, 5) is 11.6. The van der Waals surface area contributed by atoms with E-state index in [2.05, 4.69) is 19.2 Å². The lowest BCUT2D eigenvalue weighted by Crippen LogP contribution is -2.55. The van der Waals surface area contributed by atoms with Gasteiger partial charge in [-0.2, -0.15) is 0 Å². The molecule has 0 radical (unpaired) electrons. The molecule has 1 heterocycles. The van der Waals surface area contributed by atoms with Gasteiger partial charge in [-0.25, -0.2) is 0 Å². The molecule has 4 nitrogen and oxygen atoms in total. The average Bonchev–Trinajstić information content (AvgIpc) is 2.76. The van der Waals surface area contributed by atoms with Gasteiger partial charge in [0.05, 0.1) is 11.6 Å². The number of nitrogens with two attached hydrogens (primary N) is 1. The molecule has 1 aliphatic heterocycles. The van der Waals surface area contributed by atoms with Crippen molar-refractivity contribution in [2.75, 3.05) is 13.2 Å². The van der Waals surface area contributed by atoms with Crippen molar-refractivity contribution in [2.24, 2.45) is 11.7 Å². The van der Waals surface area contributed by atoms with Gasteiger partial charge in [-0.3, -0.25) is 4.79 Å². The van der Waals surface area contributed by atoms with Gasteiger partial charge >= 0.3 is 0 Å². The number of rotatable bonds is 7. The van der Waals surface area contributed by atoms with Crippen LogP contribution in [0.1, 0.15) is 46.5 Å². The Labute approximate surface area is 104 Å². The molecule has 0 bridgehead atoms. The fraction of sp³-hybridized carbons (Fsp3) is 0.923. The quantitative estimate of drug-likeness (QED) is 0.710. The number of carbonyl (C=O) groups is 1. The number of carbonyl (C=O) groups excluding carboxylic acids is 1. The molecule has 4 heteroatoms. The Bertz CT molecular complexity index is 250. The van der Waals surface area contributed by atoms with Crippen LogP contribution in [0.4, 0.5) is 0 Å². The fourth-order valence-electron chi connectivity index (χ4n) is 2.02. The SMILES string of the molecule is CC(C)CCC(C)(NCC1CCCO1)C(N)=O. The third-order valence-corrected chi connectivity index (χ3v) is 3.51. The topological polar surface area (TPSA) is 64.3 Å². The summed E-state index contributed by atoms with van der Waals surface area (Å²) in [6, 6.07) is 0. The molecule has 17 heavy (non-hydrogen) atoms. The molecule has 2 unspecified atom stereocenters. The van der Waals surface area contributed by atoms with Crippen molar-refractivity contribution >= 4 is 5.91 Å². The van der Waals surface area contributed by atoms with Crippen molar-refractivity contribution in [3.8, 4) is 0 Å². The van der Waals surface area contributed by atoms with Crippen molar-refractivity contribution in [1.29, 1.82) is 0 Å². The van der Waals surface area contributed by atoms with Crippen LogP contribution in [0.3, 0.4) is 0 Å². The van der Waals surface area contributed by atoms with Crippen LogP contribution in [0.5, 0.6) is 0 Å². The molecule has 0 aliphatic carbocycles. The Hall–Kier alpha value is -0.610. The highest BCUT2D eigenvalue weighted by Crippen LogP contribution is 2.18. The lowest BCUT2D eigenvalue weighted by Gasteiger charge is -2.29. The molecule has 0 spiro atoms. The molecule has 0 aromatic carbocycles. The highest BCUT2D eigenvalue weighted by molar-refractivity contribution is 5.84. The Morgan fingerprint density at radius 3 is 2.76 bits per heavy atom. The molecule has 0 aromatic rings. The lowest BCUT2D eigenvalue weighted by molar-refractivity contribution is -0.124. The van der Waals surface area contributed by atoms with E-state index in [0.717, 1.165) is 38.8 Å². The van der Waals surface area contributed by atoms with Crippen LogP contribution in [0.25, 0.3) is 0 Å². The summed E-state index contributed by atoms with van der Waals surface area (Å²) < 4.78 is 5.54. The maximum absolute atomic E-state index is 11.6. The van der Waals surface area contributed by atoms with E-state index in [9.17, 15) is 4.79 Å². The summed E-state index contributed by atoms with van der Waals surface area (Å²) in [5.74, 6) is 0.314.